The average Bonchev–Trinajstić information content (AvgIpc) is 1.56. The van der Waals surface area contributed by atoms with E-state index in [-0.39, 0.29) is 128 Å². The van der Waals surface area contributed by atoms with Gasteiger partial charge in [-0.25, -0.2) is 4.79 Å². The molecule has 5 aromatic carbocycles. The van der Waals surface area contributed by atoms with Crippen LogP contribution in [0.2, 0.25) is 0 Å². The Hall–Kier alpha value is -13.2. The molecule has 14 atom stereocenters. The topological polar surface area (TPSA) is 474 Å². The number of nitrogens with one attached hydrogen (secondary N) is 12. The zero-order chi connectivity index (χ0) is 92.3. The molecule has 33 nitrogen and oxygen atoms in total. The molecule has 692 valence electrons. The molecule has 0 unspecified atom stereocenters. The number of nitrogens with zero attached hydrogens (tertiary/aromatic N) is 5. The Morgan fingerprint density at radius 3 is 1.01 bits per heavy atom. The predicted molar refractivity (Wildman–Crippen MR) is 495 cm³/mol. The maximum Gasteiger partial charge on any atom is 0.326 e. The summed E-state index contributed by atoms with van der Waals surface area (Å²) in [6.45, 7) is 8.61. The fourth-order valence-corrected chi connectivity index (χ4v) is 20.0. The van der Waals surface area contributed by atoms with E-state index in [4.69, 9.17) is 11.5 Å². The van der Waals surface area contributed by atoms with Crippen LogP contribution in [-0.2, 0) is 94.4 Å². The first-order valence-corrected chi connectivity index (χ1v) is 46.4. The van der Waals surface area contributed by atoms with Crippen LogP contribution in [0, 0.1) is 11.8 Å². The van der Waals surface area contributed by atoms with Crippen LogP contribution in [0.4, 0.5) is 0 Å². The number of carboxylic acid groups (broad SMARTS) is 1. The van der Waals surface area contributed by atoms with Crippen molar-refractivity contribution in [3.8, 4) is 0 Å². The number of unbranched alkanes of at least 4 members (excludes halogenated alkanes) is 1. The fraction of sp³-hybridized carbons (Fsp3) is 0.459. The van der Waals surface area contributed by atoms with Gasteiger partial charge < -0.3 is 103 Å². The summed E-state index contributed by atoms with van der Waals surface area (Å²) < 4.78 is 0. The largest absolute Gasteiger partial charge is 0.480 e. The standard InChI is InChI=1S/C98H121N19O14/c1-5-57(4)85(100)92(124)112-76(45-56(2)3)93(125)113-40-18-34-80(113)89(121)107-74(46-58-51-101-68-28-11-6-23-63(58)68)87(119)106-73(33-16-17-39-99)86(118)109-77(48-60-53-103-70-30-13-8-25-65(60)70)94(126)114-41-19-35-81(114)90(122)108-75(47-59-52-102-69-29-12-7-24-64(59)69)88(120)110-78(49-61-54-104-71-31-14-9-26-66(61)71)95(127)115-42-20-36-82(115)91(123)111-79(50-62-55-105-72-32-15-10-27-67(62)72)96(128)116-43-21-37-83(116)97(129)117-44-22-38-84(117)98(130)131/h6-15,23-32,51-57,73-85,101-105H,5,16-22,33-50,99-100H2,1-4H3,(H,106,119)(H,107,121)(H,108,122)(H,109,118)(H,110,120)(H,111,123)(H,112,124)(H,130,131)/t57-,73-,74-,75-,76-,77-,78-,79-,80-,81-,82-,83-,84-,85-/m0/s1. The zero-order valence-corrected chi connectivity index (χ0v) is 74.6. The summed E-state index contributed by atoms with van der Waals surface area (Å²) >= 11 is 0. The van der Waals surface area contributed by atoms with Crippen LogP contribution >= 0.6 is 0 Å². The number of para-hydroxylation sites is 5. The van der Waals surface area contributed by atoms with Gasteiger partial charge in [-0.15, -0.1) is 0 Å². The Kier molecular flexibility index (Phi) is 29.5. The number of rotatable bonds is 38. The van der Waals surface area contributed by atoms with E-state index in [0.717, 1.165) is 54.5 Å². The predicted octanol–water partition coefficient (Wildman–Crippen LogP) is 6.59. The second-order valence-corrected chi connectivity index (χ2v) is 36.4. The summed E-state index contributed by atoms with van der Waals surface area (Å²) in [4.78, 5) is 219. The first kappa shape index (κ1) is 92.5. The molecule has 10 heterocycles. The molecule has 12 amide bonds. The minimum atomic E-state index is -1.45. The van der Waals surface area contributed by atoms with E-state index in [1.54, 1.807) is 31.0 Å². The third-order valence-electron chi connectivity index (χ3n) is 27.2. The van der Waals surface area contributed by atoms with Crippen molar-refractivity contribution in [1.29, 1.82) is 0 Å². The lowest BCUT2D eigenvalue weighted by Gasteiger charge is -2.33. The lowest BCUT2D eigenvalue weighted by molar-refractivity contribution is -0.152. The van der Waals surface area contributed by atoms with Gasteiger partial charge in [0, 0.05) is 150 Å². The Labute approximate surface area is 758 Å². The summed E-state index contributed by atoms with van der Waals surface area (Å²) in [6, 6.07) is 21.8. The van der Waals surface area contributed by atoms with Gasteiger partial charge in [0.2, 0.25) is 70.9 Å². The van der Waals surface area contributed by atoms with Crippen LogP contribution in [0.1, 0.15) is 152 Å². The number of aliphatic carboxylic acids is 1. The maximum atomic E-state index is 16.1. The number of H-pyrrole nitrogens is 5. The minimum absolute atomic E-state index is 0.0155. The van der Waals surface area contributed by atoms with E-state index in [9.17, 15) is 24.3 Å². The first-order valence-electron chi connectivity index (χ1n) is 46.4. The van der Waals surface area contributed by atoms with Crippen LogP contribution in [0.15, 0.2) is 152 Å². The highest BCUT2D eigenvalue weighted by molar-refractivity contribution is 6.02. The van der Waals surface area contributed by atoms with Crippen molar-refractivity contribution in [3.05, 3.63) is 180 Å². The van der Waals surface area contributed by atoms with Crippen molar-refractivity contribution in [2.45, 2.75) is 235 Å². The van der Waals surface area contributed by atoms with Crippen LogP contribution in [0.5, 0.6) is 0 Å². The average molecular weight is 1790 g/mol. The number of amides is 12. The number of fused-ring (bicyclic) bond motifs is 5. The van der Waals surface area contributed by atoms with Crippen LogP contribution < -0.4 is 48.7 Å². The molecule has 0 bridgehead atoms. The number of likely N-dealkylation sites (tertiary alicyclic amines) is 5. The molecule has 5 aliphatic rings. The molecular weight excluding hydrogens is 1670 g/mol. The second-order valence-electron chi connectivity index (χ2n) is 36.4. The molecule has 10 aromatic rings. The smallest absolute Gasteiger partial charge is 0.326 e. The summed E-state index contributed by atoms with van der Waals surface area (Å²) in [5.74, 6) is -8.81. The molecule has 5 saturated heterocycles. The normalized spacial score (nSPS) is 19.6. The van der Waals surface area contributed by atoms with Gasteiger partial charge in [0.1, 0.15) is 72.5 Å². The summed E-state index contributed by atoms with van der Waals surface area (Å²) in [6.07, 6.45) is 13.2. The van der Waals surface area contributed by atoms with Crippen molar-refractivity contribution in [2.24, 2.45) is 23.3 Å². The van der Waals surface area contributed by atoms with E-state index in [1.165, 1.54) is 24.5 Å². The number of nitrogens with two attached hydrogens (primary N) is 2. The van der Waals surface area contributed by atoms with Gasteiger partial charge in [0.05, 0.1) is 6.04 Å². The monoisotopic (exact) mass is 1790 g/mol. The number of hydrogen-bond acceptors (Lipinski definition) is 15. The Morgan fingerprint density at radius 1 is 0.366 bits per heavy atom. The van der Waals surface area contributed by atoms with Gasteiger partial charge in [0.15, 0.2) is 0 Å². The molecular formula is C98H121N19O14. The van der Waals surface area contributed by atoms with Gasteiger partial charge in [-0.05, 0) is 166 Å². The van der Waals surface area contributed by atoms with Crippen molar-refractivity contribution >= 4 is 131 Å². The molecule has 33 heteroatoms. The van der Waals surface area contributed by atoms with E-state index < -0.39 is 155 Å². The highest BCUT2D eigenvalue weighted by Crippen LogP contribution is 2.33. The summed E-state index contributed by atoms with van der Waals surface area (Å²) in [5.41, 5.74) is 19.5. The number of aromatic amines is 5. The van der Waals surface area contributed by atoms with Gasteiger partial charge in [0.25, 0.3) is 0 Å². The van der Waals surface area contributed by atoms with Crippen LogP contribution in [-0.4, -0.2) is 249 Å². The molecule has 5 fully saturated rings. The molecule has 131 heavy (non-hydrogen) atoms. The number of benzene rings is 5. The SMILES string of the molecule is CC[C@H](C)[C@H](N)C(=O)N[C@@H](CC(C)C)C(=O)N1CCC[C@H]1C(=O)N[C@@H](Cc1c[nH]c2ccccc12)C(=O)N[C@@H](CCCCN)C(=O)N[C@@H](Cc1c[nH]c2ccccc12)C(=O)N1CCC[C@H]1C(=O)N[C@@H](Cc1c[nH]c2ccccc12)C(=O)N[C@@H](Cc1c[nH]c2ccccc12)C(=O)N1CCC[C@H]1C(=O)N[C@@H](Cc1c[nH]c2ccccc12)C(=O)N1CCC[C@H]1C(=O)N1CCC[C@H]1C(=O)O. The molecule has 0 radical (unpaired) electrons. The van der Waals surface area contributed by atoms with E-state index in [1.807, 2.05) is 149 Å². The van der Waals surface area contributed by atoms with Gasteiger partial charge in [-0.3, -0.25) is 57.5 Å². The first-order chi connectivity index (χ1) is 63.3. The quantitative estimate of drug-likeness (QED) is 0.0181. The van der Waals surface area contributed by atoms with E-state index in [0.29, 0.717) is 79.2 Å². The molecule has 0 aliphatic carbocycles. The maximum absolute atomic E-state index is 16.1. The van der Waals surface area contributed by atoms with Crippen molar-refractivity contribution in [2.75, 3.05) is 39.3 Å². The number of hydrogen-bond donors (Lipinski definition) is 15. The molecule has 15 rings (SSSR count). The third-order valence-corrected chi connectivity index (χ3v) is 27.2. The second kappa shape index (κ2) is 41.7. The number of aromatic nitrogens is 5. The van der Waals surface area contributed by atoms with Crippen molar-refractivity contribution in [3.63, 3.8) is 0 Å². The molecule has 0 spiro atoms. The number of carbonyl (C=O) groups excluding carboxylic acids is 12. The van der Waals surface area contributed by atoms with Gasteiger partial charge >= 0.3 is 5.97 Å². The van der Waals surface area contributed by atoms with Gasteiger partial charge in [-0.2, -0.15) is 0 Å². The number of carboxylic acids is 1. The van der Waals surface area contributed by atoms with Gasteiger partial charge in [-0.1, -0.05) is 125 Å². The summed E-state index contributed by atoms with van der Waals surface area (Å²) in [5, 5.41) is 35.0. The molecule has 5 aromatic heterocycles. The Morgan fingerprint density at radius 2 is 0.656 bits per heavy atom. The van der Waals surface area contributed by atoms with Crippen molar-refractivity contribution in [1.82, 2.24) is 86.6 Å². The Balaban J connectivity index is 0.697. The minimum Gasteiger partial charge on any atom is -0.480 e. The lowest BCUT2D eigenvalue weighted by atomic mass is 9.97. The lowest BCUT2D eigenvalue weighted by Crippen LogP contribution is -2.61. The van der Waals surface area contributed by atoms with Crippen LogP contribution in [0.25, 0.3) is 54.5 Å². The fourth-order valence-electron chi connectivity index (χ4n) is 20.0. The molecule has 17 N–H and O–H groups in total. The highest BCUT2D eigenvalue weighted by atomic mass is 16.4. The molecule has 5 aliphatic heterocycles. The highest BCUT2D eigenvalue weighted by Gasteiger charge is 2.48. The zero-order valence-electron chi connectivity index (χ0n) is 74.6. The summed E-state index contributed by atoms with van der Waals surface area (Å²) in [7, 11) is 0. The third kappa shape index (κ3) is 20.8. The van der Waals surface area contributed by atoms with E-state index >= 15 is 43.2 Å². The Bertz CT molecular complexity index is 5870. The molecule has 0 saturated carbocycles. The number of carbonyl (C=O) groups is 13. The van der Waals surface area contributed by atoms with E-state index in [2.05, 4.69) is 62.1 Å². The van der Waals surface area contributed by atoms with Crippen molar-refractivity contribution < 1.29 is 67.4 Å². The van der Waals surface area contributed by atoms with Crippen LogP contribution in [0.3, 0.4) is 0 Å².